The van der Waals surface area contributed by atoms with E-state index in [9.17, 15) is 10.2 Å². The van der Waals surface area contributed by atoms with Crippen LogP contribution < -0.4 is 0 Å². The van der Waals surface area contributed by atoms with Gasteiger partial charge >= 0.3 is 0 Å². The number of benzene rings is 4. The number of rotatable bonds is 1. The molecule has 0 saturated carbocycles. The minimum absolute atomic E-state index is 0.223. The highest BCUT2D eigenvalue weighted by Crippen LogP contribution is 2.37. The van der Waals surface area contributed by atoms with Crippen molar-refractivity contribution in [2.45, 2.75) is 0 Å². The van der Waals surface area contributed by atoms with Crippen LogP contribution in [0.25, 0.3) is 38.3 Å². The first-order valence-electron chi connectivity index (χ1n) is 8.17. The first kappa shape index (κ1) is 13.9. The number of phenolic OH excluding ortho intramolecular Hbond substituents is 2. The van der Waals surface area contributed by atoms with Gasteiger partial charge in [0.25, 0.3) is 0 Å². The van der Waals surface area contributed by atoms with Gasteiger partial charge in [-0.25, -0.2) is 0 Å². The van der Waals surface area contributed by atoms with Crippen LogP contribution in [0.1, 0.15) is 0 Å². The molecule has 0 amide bonds. The Bertz CT molecular complexity index is 1200. The lowest BCUT2D eigenvalue weighted by atomic mass is 10.1. The second kappa shape index (κ2) is 5.02. The van der Waals surface area contributed by atoms with Gasteiger partial charge in [-0.1, -0.05) is 36.4 Å². The summed E-state index contributed by atoms with van der Waals surface area (Å²) >= 11 is 0. The molecule has 0 atom stereocenters. The van der Waals surface area contributed by atoms with Crippen LogP contribution in [0, 0.1) is 0 Å². The Labute approximate surface area is 144 Å². The summed E-state index contributed by atoms with van der Waals surface area (Å²) in [4.78, 5) is 0. The molecule has 3 heteroatoms. The van der Waals surface area contributed by atoms with Gasteiger partial charge in [-0.2, -0.15) is 0 Å². The molecule has 0 aliphatic carbocycles. The van der Waals surface area contributed by atoms with E-state index in [2.05, 4.69) is 28.8 Å². The molecular weight excluding hydrogens is 310 g/mol. The summed E-state index contributed by atoms with van der Waals surface area (Å²) in [6.45, 7) is 0. The molecule has 0 radical (unpaired) electrons. The number of hydrogen-bond donors (Lipinski definition) is 2. The third-order valence-corrected chi connectivity index (χ3v) is 4.74. The Morgan fingerprint density at radius 1 is 0.560 bits per heavy atom. The summed E-state index contributed by atoms with van der Waals surface area (Å²) in [5.74, 6) is 0.446. The average molecular weight is 325 g/mol. The molecule has 3 nitrogen and oxygen atoms in total. The molecule has 5 rings (SSSR count). The molecular formula is C22H15NO2. The van der Waals surface area contributed by atoms with E-state index in [-0.39, 0.29) is 11.5 Å². The molecule has 0 unspecified atom stereocenters. The number of phenols is 2. The molecule has 0 bridgehead atoms. The predicted octanol–water partition coefficient (Wildman–Crippen LogP) is 5.35. The van der Waals surface area contributed by atoms with Gasteiger partial charge in [0.2, 0.25) is 0 Å². The summed E-state index contributed by atoms with van der Waals surface area (Å²) < 4.78 is 2.10. The minimum Gasteiger partial charge on any atom is -0.508 e. The minimum atomic E-state index is 0.223. The van der Waals surface area contributed by atoms with E-state index >= 15 is 0 Å². The lowest BCUT2D eigenvalue weighted by Gasteiger charge is -2.11. The zero-order valence-corrected chi connectivity index (χ0v) is 13.3. The van der Waals surface area contributed by atoms with Crippen molar-refractivity contribution in [2.24, 2.45) is 0 Å². The largest absolute Gasteiger partial charge is 0.508 e. The van der Waals surface area contributed by atoms with Gasteiger partial charge in [-0.15, -0.1) is 0 Å². The third kappa shape index (κ3) is 1.99. The standard InChI is InChI=1S/C22H15NO2/c24-15-8-10-18-19-11-9-16(25)13-22(19)23(21(18)12-15)20-7-3-5-14-4-1-2-6-17(14)20/h1-13,24-25H. The van der Waals surface area contributed by atoms with Crippen molar-refractivity contribution in [3.05, 3.63) is 78.9 Å². The fourth-order valence-electron chi connectivity index (χ4n) is 3.66. The molecule has 4 aromatic carbocycles. The third-order valence-electron chi connectivity index (χ3n) is 4.74. The van der Waals surface area contributed by atoms with Crippen molar-refractivity contribution >= 4 is 32.6 Å². The van der Waals surface area contributed by atoms with Gasteiger partial charge in [-0.05, 0) is 35.7 Å². The molecule has 25 heavy (non-hydrogen) atoms. The Hall–Kier alpha value is -3.46. The number of aromatic nitrogens is 1. The summed E-state index contributed by atoms with van der Waals surface area (Å²) in [6.07, 6.45) is 0. The Kier molecular flexibility index (Phi) is 2.80. The highest BCUT2D eigenvalue weighted by Gasteiger charge is 2.15. The lowest BCUT2D eigenvalue weighted by molar-refractivity contribution is 0.475. The fraction of sp³-hybridized carbons (Fsp3) is 0. The number of nitrogens with zero attached hydrogens (tertiary/aromatic N) is 1. The number of aromatic hydroxyl groups is 2. The quantitative estimate of drug-likeness (QED) is 0.436. The second-order valence-corrected chi connectivity index (χ2v) is 6.24. The van der Waals surface area contributed by atoms with Crippen molar-refractivity contribution in [1.82, 2.24) is 4.57 Å². The predicted molar refractivity (Wildman–Crippen MR) is 102 cm³/mol. The molecule has 0 fully saturated rings. The lowest BCUT2D eigenvalue weighted by Crippen LogP contribution is -1.95. The first-order valence-corrected chi connectivity index (χ1v) is 8.17. The van der Waals surface area contributed by atoms with E-state index in [0.717, 1.165) is 38.3 Å². The van der Waals surface area contributed by atoms with Gasteiger partial charge in [0.15, 0.2) is 0 Å². The molecule has 5 aromatic rings. The fourth-order valence-corrected chi connectivity index (χ4v) is 3.66. The molecule has 1 aromatic heterocycles. The molecule has 120 valence electrons. The van der Waals surface area contributed by atoms with Crippen LogP contribution in [0.4, 0.5) is 0 Å². The molecule has 0 saturated heterocycles. The van der Waals surface area contributed by atoms with Crippen molar-refractivity contribution < 1.29 is 10.2 Å². The molecule has 1 heterocycles. The van der Waals surface area contributed by atoms with E-state index in [1.54, 1.807) is 24.3 Å². The Morgan fingerprint density at radius 2 is 1.16 bits per heavy atom. The summed E-state index contributed by atoms with van der Waals surface area (Å²) in [5, 5.41) is 24.4. The monoisotopic (exact) mass is 325 g/mol. The normalized spacial score (nSPS) is 11.5. The van der Waals surface area contributed by atoms with Crippen LogP contribution in [-0.2, 0) is 0 Å². The van der Waals surface area contributed by atoms with Gasteiger partial charge < -0.3 is 14.8 Å². The van der Waals surface area contributed by atoms with E-state index in [1.165, 1.54) is 0 Å². The van der Waals surface area contributed by atoms with E-state index < -0.39 is 0 Å². The maximum Gasteiger partial charge on any atom is 0.117 e. The van der Waals surface area contributed by atoms with Gasteiger partial charge in [0.05, 0.1) is 16.7 Å². The highest BCUT2D eigenvalue weighted by atomic mass is 16.3. The van der Waals surface area contributed by atoms with Crippen LogP contribution in [-0.4, -0.2) is 14.8 Å². The molecule has 0 aliphatic heterocycles. The number of hydrogen-bond acceptors (Lipinski definition) is 2. The average Bonchev–Trinajstić information content (AvgIpc) is 2.93. The summed E-state index contributed by atoms with van der Waals surface area (Å²) in [7, 11) is 0. The van der Waals surface area contributed by atoms with Crippen molar-refractivity contribution in [1.29, 1.82) is 0 Å². The Balaban J connectivity index is 2.03. The summed E-state index contributed by atoms with van der Waals surface area (Å²) in [6, 6.07) is 25.2. The van der Waals surface area contributed by atoms with Crippen molar-refractivity contribution in [3.63, 3.8) is 0 Å². The SMILES string of the molecule is Oc1ccc2c3ccc(O)cc3n(-c3cccc4ccccc34)c2c1. The maximum absolute atomic E-state index is 10.0. The van der Waals surface area contributed by atoms with Gasteiger partial charge in [0, 0.05) is 28.3 Å². The van der Waals surface area contributed by atoms with Crippen molar-refractivity contribution in [2.75, 3.05) is 0 Å². The van der Waals surface area contributed by atoms with Crippen LogP contribution in [0.3, 0.4) is 0 Å². The van der Waals surface area contributed by atoms with Crippen LogP contribution in [0.15, 0.2) is 78.9 Å². The second-order valence-electron chi connectivity index (χ2n) is 6.24. The molecule has 0 aliphatic rings. The zero-order valence-electron chi connectivity index (χ0n) is 13.3. The van der Waals surface area contributed by atoms with E-state index in [0.29, 0.717) is 0 Å². The molecule has 0 spiro atoms. The smallest absolute Gasteiger partial charge is 0.117 e. The van der Waals surface area contributed by atoms with E-state index in [1.807, 2.05) is 30.3 Å². The first-order chi connectivity index (χ1) is 12.2. The highest BCUT2D eigenvalue weighted by molar-refractivity contribution is 6.11. The number of fused-ring (bicyclic) bond motifs is 4. The van der Waals surface area contributed by atoms with Gasteiger partial charge in [-0.3, -0.25) is 0 Å². The van der Waals surface area contributed by atoms with Crippen LogP contribution in [0.5, 0.6) is 11.5 Å². The Morgan fingerprint density at radius 3 is 1.84 bits per heavy atom. The topological polar surface area (TPSA) is 45.4 Å². The van der Waals surface area contributed by atoms with Crippen molar-refractivity contribution in [3.8, 4) is 17.2 Å². The van der Waals surface area contributed by atoms with Gasteiger partial charge in [0.1, 0.15) is 11.5 Å². The summed E-state index contributed by atoms with van der Waals surface area (Å²) in [5.41, 5.74) is 2.85. The van der Waals surface area contributed by atoms with Crippen LogP contribution >= 0.6 is 0 Å². The van der Waals surface area contributed by atoms with Crippen LogP contribution in [0.2, 0.25) is 0 Å². The van der Waals surface area contributed by atoms with E-state index in [4.69, 9.17) is 0 Å². The maximum atomic E-state index is 10.0. The zero-order chi connectivity index (χ0) is 17.0. The molecule has 2 N–H and O–H groups in total.